The molecule has 0 saturated heterocycles. The van der Waals surface area contributed by atoms with Crippen molar-refractivity contribution in [1.82, 2.24) is 0 Å². The van der Waals surface area contributed by atoms with Crippen LogP contribution in [0.5, 0.6) is 0 Å². The van der Waals surface area contributed by atoms with E-state index in [4.69, 9.17) is 6.42 Å². The van der Waals surface area contributed by atoms with Crippen molar-refractivity contribution in [2.75, 3.05) is 0 Å². The third-order valence-electron chi connectivity index (χ3n) is 2.92. The molecule has 0 unspecified atom stereocenters. The predicted molar refractivity (Wildman–Crippen MR) is 73.8 cm³/mol. The highest BCUT2D eigenvalue weighted by Gasteiger charge is 2.07. The fourth-order valence-electron chi connectivity index (χ4n) is 2.12. The Kier molecular flexibility index (Phi) is 3.17. The SMILES string of the molecule is C#Cc1cc(CC)c2ccccc2c1C#CC. The van der Waals surface area contributed by atoms with E-state index in [2.05, 4.69) is 49.0 Å². The fraction of sp³-hybridized carbons (Fsp3) is 0.176. The maximum atomic E-state index is 5.58. The molecule has 2 rings (SSSR count). The van der Waals surface area contributed by atoms with Crippen LogP contribution in [0.1, 0.15) is 30.5 Å². The monoisotopic (exact) mass is 218 g/mol. The van der Waals surface area contributed by atoms with Gasteiger partial charge in [-0.15, -0.1) is 12.3 Å². The van der Waals surface area contributed by atoms with Gasteiger partial charge in [0.15, 0.2) is 0 Å². The van der Waals surface area contributed by atoms with Crippen LogP contribution in [0.3, 0.4) is 0 Å². The molecule has 0 spiro atoms. The van der Waals surface area contributed by atoms with E-state index in [1.54, 1.807) is 0 Å². The summed E-state index contributed by atoms with van der Waals surface area (Å²) in [7, 11) is 0. The van der Waals surface area contributed by atoms with Crippen molar-refractivity contribution in [3.8, 4) is 24.2 Å². The third kappa shape index (κ3) is 1.91. The van der Waals surface area contributed by atoms with E-state index in [1.165, 1.54) is 10.9 Å². The van der Waals surface area contributed by atoms with Crippen molar-refractivity contribution >= 4 is 10.8 Å². The smallest absolute Gasteiger partial charge is 0.0480 e. The maximum absolute atomic E-state index is 5.58. The van der Waals surface area contributed by atoms with Crippen LogP contribution >= 0.6 is 0 Å². The van der Waals surface area contributed by atoms with Crippen molar-refractivity contribution in [2.45, 2.75) is 20.3 Å². The number of benzene rings is 2. The molecule has 82 valence electrons. The maximum Gasteiger partial charge on any atom is 0.0480 e. The van der Waals surface area contributed by atoms with Gasteiger partial charge in [-0.2, -0.15) is 0 Å². The Morgan fingerprint density at radius 2 is 1.88 bits per heavy atom. The van der Waals surface area contributed by atoms with Gasteiger partial charge in [-0.25, -0.2) is 0 Å². The molecule has 0 aliphatic carbocycles. The highest BCUT2D eigenvalue weighted by molar-refractivity contribution is 5.93. The molecule has 17 heavy (non-hydrogen) atoms. The molecular weight excluding hydrogens is 204 g/mol. The lowest BCUT2D eigenvalue weighted by atomic mass is 9.94. The van der Waals surface area contributed by atoms with Gasteiger partial charge in [-0.05, 0) is 35.7 Å². The Labute approximate surface area is 103 Å². The molecule has 0 aliphatic rings. The summed E-state index contributed by atoms with van der Waals surface area (Å²) in [6, 6.07) is 10.4. The fourth-order valence-corrected chi connectivity index (χ4v) is 2.12. The van der Waals surface area contributed by atoms with Crippen LogP contribution in [0.4, 0.5) is 0 Å². The highest BCUT2D eigenvalue weighted by atomic mass is 14.1. The molecule has 0 aromatic heterocycles. The molecular formula is C17H14. The van der Waals surface area contributed by atoms with Crippen LogP contribution in [0.2, 0.25) is 0 Å². The van der Waals surface area contributed by atoms with Crippen molar-refractivity contribution in [3.63, 3.8) is 0 Å². The van der Waals surface area contributed by atoms with Gasteiger partial charge in [0.2, 0.25) is 0 Å². The summed E-state index contributed by atoms with van der Waals surface area (Å²) < 4.78 is 0. The summed E-state index contributed by atoms with van der Waals surface area (Å²) in [5.41, 5.74) is 3.16. The van der Waals surface area contributed by atoms with Gasteiger partial charge in [-0.1, -0.05) is 43.0 Å². The second kappa shape index (κ2) is 4.77. The van der Waals surface area contributed by atoms with E-state index in [-0.39, 0.29) is 0 Å². The minimum absolute atomic E-state index is 0.898. The molecule has 0 atom stereocenters. The van der Waals surface area contributed by atoms with E-state index >= 15 is 0 Å². The lowest BCUT2D eigenvalue weighted by molar-refractivity contribution is 1.16. The van der Waals surface area contributed by atoms with E-state index in [0.29, 0.717) is 0 Å². The largest absolute Gasteiger partial charge is 0.115 e. The van der Waals surface area contributed by atoms with E-state index in [0.717, 1.165) is 22.9 Å². The summed E-state index contributed by atoms with van der Waals surface area (Å²) in [6.07, 6.45) is 6.56. The second-order valence-corrected chi connectivity index (χ2v) is 3.88. The lowest BCUT2D eigenvalue weighted by Gasteiger charge is -2.09. The average Bonchev–Trinajstić information content (AvgIpc) is 2.39. The Morgan fingerprint density at radius 3 is 2.47 bits per heavy atom. The molecule has 2 aromatic carbocycles. The highest BCUT2D eigenvalue weighted by Crippen LogP contribution is 2.26. The minimum Gasteiger partial charge on any atom is -0.115 e. The van der Waals surface area contributed by atoms with Crippen molar-refractivity contribution in [2.24, 2.45) is 0 Å². The Balaban J connectivity index is 2.95. The molecule has 0 saturated carbocycles. The number of rotatable bonds is 1. The van der Waals surface area contributed by atoms with Crippen LogP contribution in [0.15, 0.2) is 30.3 Å². The summed E-state index contributed by atoms with van der Waals surface area (Å²) in [5, 5.41) is 2.42. The van der Waals surface area contributed by atoms with Crippen LogP contribution in [0.25, 0.3) is 10.8 Å². The first kappa shape index (κ1) is 11.3. The summed E-state index contributed by atoms with van der Waals surface area (Å²) >= 11 is 0. The predicted octanol–water partition coefficient (Wildman–Crippen LogP) is 3.75. The molecule has 0 amide bonds. The van der Waals surface area contributed by atoms with Gasteiger partial charge < -0.3 is 0 Å². The van der Waals surface area contributed by atoms with Crippen molar-refractivity contribution in [1.29, 1.82) is 0 Å². The molecule has 0 bridgehead atoms. The van der Waals surface area contributed by atoms with Gasteiger partial charge in [0.1, 0.15) is 0 Å². The van der Waals surface area contributed by atoms with Gasteiger partial charge in [-0.3, -0.25) is 0 Å². The molecule has 0 fully saturated rings. The van der Waals surface area contributed by atoms with Crippen molar-refractivity contribution in [3.05, 3.63) is 47.0 Å². The van der Waals surface area contributed by atoms with E-state index < -0.39 is 0 Å². The van der Waals surface area contributed by atoms with Gasteiger partial charge >= 0.3 is 0 Å². The van der Waals surface area contributed by atoms with Gasteiger partial charge in [0.05, 0.1) is 0 Å². The Bertz CT molecular complexity index is 658. The lowest BCUT2D eigenvalue weighted by Crippen LogP contribution is -1.92. The standard InChI is InChI=1S/C17H14/c1-4-9-15-13(5-2)12-14(6-3)16-10-7-8-11-17(15)16/h2,7-8,10-12H,6H2,1,3H3. The van der Waals surface area contributed by atoms with E-state index in [9.17, 15) is 0 Å². The Morgan fingerprint density at radius 1 is 1.18 bits per heavy atom. The molecule has 0 aliphatic heterocycles. The third-order valence-corrected chi connectivity index (χ3v) is 2.92. The first-order chi connectivity index (χ1) is 8.31. The molecule has 0 radical (unpaired) electrons. The first-order valence-corrected chi connectivity index (χ1v) is 5.75. The first-order valence-electron chi connectivity index (χ1n) is 5.75. The molecule has 0 heterocycles. The number of aryl methyl sites for hydroxylation is 1. The van der Waals surface area contributed by atoms with Crippen LogP contribution in [0, 0.1) is 24.2 Å². The molecule has 0 heteroatoms. The molecule has 0 N–H and O–H groups in total. The summed E-state index contributed by atoms with van der Waals surface area (Å²) in [5.74, 6) is 8.82. The normalized spacial score (nSPS) is 9.47. The Hall–Kier alpha value is -2.18. The number of hydrogen-bond acceptors (Lipinski definition) is 0. The number of terminal acetylenes is 1. The number of hydrogen-bond donors (Lipinski definition) is 0. The molecule has 0 nitrogen and oxygen atoms in total. The van der Waals surface area contributed by atoms with Crippen LogP contribution in [-0.2, 0) is 6.42 Å². The topological polar surface area (TPSA) is 0 Å². The van der Waals surface area contributed by atoms with Crippen LogP contribution in [-0.4, -0.2) is 0 Å². The van der Waals surface area contributed by atoms with Crippen LogP contribution < -0.4 is 0 Å². The quantitative estimate of drug-likeness (QED) is 0.639. The second-order valence-electron chi connectivity index (χ2n) is 3.88. The summed E-state index contributed by atoms with van der Waals surface area (Å²) in [4.78, 5) is 0. The zero-order valence-corrected chi connectivity index (χ0v) is 10.2. The minimum atomic E-state index is 0.898. The van der Waals surface area contributed by atoms with E-state index in [1.807, 2.05) is 13.0 Å². The van der Waals surface area contributed by atoms with Gasteiger partial charge in [0.25, 0.3) is 0 Å². The summed E-state index contributed by atoms with van der Waals surface area (Å²) in [6.45, 7) is 3.98. The number of fused-ring (bicyclic) bond motifs is 1. The zero-order valence-electron chi connectivity index (χ0n) is 10.2. The van der Waals surface area contributed by atoms with Crippen molar-refractivity contribution < 1.29 is 0 Å². The zero-order chi connectivity index (χ0) is 12.3. The average molecular weight is 218 g/mol. The molecule has 2 aromatic rings. The van der Waals surface area contributed by atoms with Gasteiger partial charge in [0, 0.05) is 11.1 Å².